The molecule has 0 aliphatic carbocycles. The van der Waals surface area contributed by atoms with Crippen molar-refractivity contribution in [2.75, 3.05) is 7.11 Å². The molecule has 3 aromatic carbocycles. The second-order valence-electron chi connectivity index (χ2n) is 7.22. The number of alkyl halides is 3. The van der Waals surface area contributed by atoms with Gasteiger partial charge in [0.1, 0.15) is 11.6 Å². The van der Waals surface area contributed by atoms with Crippen molar-refractivity contribution >= 4 is 23.2 Å². The van der Waals surface area contributed by atoms with Gasteiger partial charge in [-0.2, -0.15) is 18.3 Å². The molecule has 0 atom stereocenters. The van der Waals surface area contributed by atoms with E-state index in [9.17, 15) is 18.0 Å². The number of nitrogens with zero attached hydrogens (tertiary/aromatic N) is 2. The van der Waals surface area contributed by atoms with Crippen LogP contribution in [0.2, 0.25) is 0 Å². The lowest BCUT2D eigenvalue weighted by Gasteiger charge is -2.09. The first-order valence-corrected chi connectivity index (χ1v) is 9.94. The van der Waals surface area contributed by atoms with Crippen LogP contribution in [0.25, 0.3) is 11.0 Å². The second-order valence-corrected chi connectivity index (χ2v) is 7.22. The van der Waals surface area contributed by atoms with Crippen molar-refractivity contribution in [3.05, 3.63) is 94.8 Å². The second kappa shape index (κ2) is 9.15. The highest BCUT2D eigenvalue weighted by Crippen LogP contribution is 2.31. The summed E-state index contributed by atoms with van der Waals surface area (Å²) in [5.41, 5.74) is 3.99. The number of imidazole rings is 1. The van der Waals surface area contributed by atoms with Gasteiger partial charge in [-0.15, -0.1) is 0 Å². The van der Waals surface area contributed by atoms with Gasteiger partial charge in [0.25, 0.3) is 5.91 Å². The first-order valence-electron chi connectivity index (χ1n) is 9.94. The molecule has 0 bridgehead atoms. The number of H-pyrrole nitrogens is 1. The van der Waals surface area contributed by atoms with Crippen molar-refractivity contribution < 1.29 is 22.7 Å². The number of nitrogens with one attached hydrogen (secondary N) is 2. The van der Waals surface area contributed by atoms with Crippen LogP contribution < -0.4 is 10.2 Å². The predicted octanol–water partition coefficient (Wildman–Crippen LogP) is 4.95. The Bertz CT molecular complexity index is 1310. The molecule has 0 radical (unpaired) electrons. The number of hydrogen-bond acceptors (Lipinski definition) is 4. The summed E-state index contributed by atoms with van der Waals surface area (Å²) in [5, 5.41) is 3.69. The zero-order valence-corrected chi connectivity index (χ0v) is 17.5. The van der Waals surface area contributed by atoms with E-state index in [2.05, 4.69) is 20.5 Å². The lowest BCUT2D eigenvalue weighted by atomic mass is 10.1. The smallest absolute Gasteiger partial charge is 0.417 e. The Balaban J connectivity index is 1.46. The van der Waals surface area contributed by atoms with Crippen molar-refractivity contribution in [1.29, 1.82) is 0 Å². The number of hydrazone groups is 1. The summed E-state index contributed by atoms with van der Waals surface area (Å²) in [7, 11) is 1.61. The molecule has 0 aliphatic heterocycles. The number of methoxy groups -OCH3 is 1. The maximum atomic E-state index is 13.1. The van der Waals surface area contributed by atoms with E-state index in [0.29, 0.717) is 23.0 Å². The molecule has 0 aliphatic rings. The van der Waals surface area contributed by atoms with Gasteiger partial charge in [-0.3, -0.25) is 4.79 Å². The third-order valence-corrected chi connectivity index (χ3v) is 4.96. The lowest BCUT2D eigenvalue weighted by molar-refractivity contribution is -0.137. The number of ether oxygens (including phenoxy) is 1. The highest BCUT2D eigenvalue weighted by molar-refractivity contribution is 5.97. The molecule has 0 saturated heterocycles. The van der Waals surface area contributed by atoms with Crippen molar-refractivity contribution in [2.24, 2.45) is 5.10 Å². The molecule has 4 rings (SSSR count). The Morgan fingerprint density at radius 2 is 1.88 bits per heavy atom. The number of benzene rings is 3. The minimum atomic E-state index is -4.51. The van der Waals surface area contributed by atoms with E-state index in [1.54, 1.807) is 25.3 Å². The molecule has 0 spiro atoms. The first-order chi connectivity index (χ1) is 15.8. The molecule has 9 heteroatoms. The van der Waals surface area contributed by atoms with Crippen LogP contribution in [0.3, 0.4) is 0 Å². The van der Waals surface area contributed by atoms with Crippen molar-refractivity contribution in [3.8, 4) is 5.75 Å². The molecule has 1 amide bonds. The summed E-state index contributed by atoms with van der Waals surface area (Å²) in [5.74, 6) is 0.946. The maximum Gasteiger partial charge on any atom is 0.417 e. The molecule has 33 heavy (non-hydrogen) atoms. The molecule has 2 N–H and O–H groups in total. The van der Waals surface area contributed by atoms with Crippen molar-refractivity contribution in [1.82, 2.24) is 15.4 Å². The fourth-order valence-electron chi connectivity index (χ4n) is 3.32. The lowest BCUT2D eigenvalue weighted by Crippen LogP contribution is -2.18. The van der Waals surface area contributed by atoms with Crippen molar-refractivity contribution in [3.63, 3.8) is 0 Å². The van der Waals surface area contributed by atoms with Gasteiger partial charge < -0.3 is 9.72 Å². The van der Waals surface area contributed by atoms with Crippen molar-refractivity contribution in [2.45, 2.75) is 12.6 Å². The number of aromatic amines is 1. The minimum absolute atomic E-state index is 0.141. The molecule has 168 valence electrons. The average molecular weight is 452 g/mol. The molecular weight excluding hydrogens is 433 g/mol. The Hall–Kier alpha value is -4.14. The number of halogens is 3. The van der Waals surface area contributed by atoms with Gasteiger partial charge in [0, 0.05) is 17.5 Å². The van der Waals surface area contributed by atoms with Crippen LogP contribution in [0, 0.1) is 0 Å². The fraction of sp³-hybridized carbons (Fsp3) is 0.125. The van der Waals surface area contributed by atoms with E-state index < -0.39 is 17.6 Å². The van der Waals surface area contributed by atoms with Crippen LogP contribution in [0.4, 0.5) is 13.2 Å². The van der Waals surface area contributed by atoms with Gasteiger partial charge in [-0.25, -0.2) is 10.4 Å². The van der Waals surface area contributed by atoms with Gasteiger partial charge in [0.15, 0.2) is 0 Å². The van der Waals surface area contributed by atoms with Crippen LogP contribution in [0.1, 0.15) is 32.9 Å². The Labute approximate surface area is 187 Å². The Kier molecular flexibility index (Phi) is 6.12. The SMILES string of the molecule is COc1ccc(Cc2nc3ccc(C(=O)N/N=C\c4ccccc4C(F)(F)F)cc3[nH]2)cc1. The van der Waals surface area contributed by atoms with Crippen LogP contribution in [-0.4, -0.2) is 29.2 Å². The summed E-state index contributed by atoms with van der Waals surface area (Å²) in [6.07, 6.45) is -2.96. The van der Waals surface area contributed by atoms with Gasteiger partial charge in [0.2, 0.25) is 0 Å². The Morgan fingerprint density at radius 3 is 2.61 bits per heavy atom. The summed E-state index contributed by atoms with van der Waals surface area (Å²) in [6.45, 7) is 0. The van der Waals surface area contributed by atoms with Gasteiger partial charge in [0.05, 0.1) is 29.9 Å². The zero-order valence-electron chi connectivity index (χ0n) is 17.5. The molecule has 4 aromatic rings. The number of fused-ring (bicyclic) bond motifs is 1. The Morgan fingerprint density at radius 1 is 1.12 bits per heavy atom. The molecule has 0 fully saturated rings. The third-order valence-electron chi connectivity index (χ3n) is 4.96. The van der Waals surface area contributed by atoms with Crippen LogP contribution in [0.5, 0.6) is 5.75 Å². The summed E-state index contributed by atoms with van der Waals surface area (Å²) >= 11 is 0. The first kappa shape index (κ1) is 22.1. The topological polar surface area (TPSA) is 79.4 Å². The van der Waals surface area contributed by atoms with Crippen LogP contribution in [-0.2, 0) is 12.6 Å². The van der Waals surface area contributed by atoms with E-state index in [1.165, 1.54) is 18.2 Å². The minimum Gasteiger partial charge on any atom is -0.497 e. The average Bonchev–Trinajstić information content (AvgIpc) is 3.20. The molecule has 1 heterocycles. The standard InChI is InChI=1S/C24H19F3N4O2/c1-33-18-9-6-15(7-10-18)12-22-29-20-11-8-16(13-21(20)30-22)23(32)31-28-14-17-4-2-3-5-19(17)24(25,26)27/h2-11,13-14H,12H2,1H3,(H,29,30)(H,31,32)/b28-14-. The maximum absolute atomic E-state index is 13.1. The van der Waals surface area contributed by atoms with Gasteiger partial charge >= 0.3 is 6.18 Å². The monoisotopic (exact) mass is 452 g/mol. The van der Waals surface area contributed by atoms with E-state index >= 15 is 0 Å². The number of carbonyl (C=O) groups is 1. The third kappa shape index (κ3) is 5.20. The van der Waals surface area contributed by atoms with Crippen LogP contribution in [0.15, 0.2) is 71.8 Å². The van der Waals surface area contributed by atoms with Gasteiger partial charge in [-0.05, 0) is 42.0 Å². The highest BCUT2D eigenvalue weighted by atomic mass is 19.4. The number of carbonyl (C=O) groups excluding carboxylic acids is 1. The summed E-state index contributed by atoms with van der Waals surface area (Å²) < 4.78 is 44.3. The van der Waals surface area contributed by atoms with E-state index in [-0.39, 0.29) is 5.56 Å². The summed E-state index contributed by atoms with van der Waals surface area (Å²) in [6, 6.07) is 17.5. The van der Waals surface area contributed by atoms with E-state index in [1.807, 2.05) is 24.3 Å². The molecular formula is C24H19F3N4O2. The predicted molar refractivity (Wildman–Crippen MR) is 118 cm³/mol. The molecule has 1 aromatic heterocycles. The number of hydrogen-bond donors (Lipinski definition) is 2. The number of rotatable bonds is 6. The number of amides is 1. The number of aromatic nitrogens is 2. The highest BCUT2D eigenvalue weighted by Gasteiger charge is 2.32. The quantitative estimate of drug-likeness (QED) is 0.321. The normalized spacial score (nSPS) is 11.8. The molecule has 0 unspecified atom stereocenters. The van der Waals surface area contributed by atoms with Gasteiger partial charge in [-0.1, -0.05) is 30.3 Å². The molecule has 6 nitrogen and oxygen atoms in total. The zero-order chi connectivity index (χ0) is 23.4. The summed E-state index contributed by atoms with van der Waals surface area (Å²) in [4.78, 5) is 20.1. The van der Waals surface area contributed by atoms with E-state index in [4.69, 9.17) is 4.74 Å². The largest absolute Gasteiger partial charge is 0.497 e. The van der Waals surface area contributed by atoms with E-state index in [0.717, 1.165) is 29.4 Å². The fourth-order valence-corrected chi connectivity index (χ4v) is 3.32. The molecule has 0 saturated carbocycles. The van der Waals surface area contributed by atoms with Crippen LogP contribution >= 0.6 is 0 Å².